The van der Waals surface area contributed by atoms with Crippen molar-refractivity contribution < 1.29 is 80.2 Å². The Labute approximate surface area is 638 Å². The molecule has 618 valence electrons. The smallest absolute Gasteiger partial charge is 0.462 e. The van der Waals surface area contributed by atoms with Gasteiger partial charge in [0.05, 0.1) is 26.4 Å². The van der Waals surface area contributed by atoms with Gasteiger partial charge < -0.3 is 33.8 Å². The lowest BCUT2D eigenvalue weighted by Crippen LogP contribution is -2.30. The number of phosphoric acid groups is 2. The second-order valence-corrected chi connectivity index (χ2v) is 34.2. The minimum Gasteiger partial charge on any atom is -0.462 e. The van der Waals surface area contributed by atoms with Gasteiger partial charge in [0.1, 0.15) is 19.3 Å². The summed E-state index contributed by atoms with van der Waals surface area (Å²) in [5.74, 6) is -0.521. The predicted octanol–water partition coefficient (Wildman–Crippen LogP) is 25.8. The molecule has 0 amide bonds. The van der Waals surface area contributed by atoms with Crippen LogP contribution >= 0.6 is 15.6 Å². The first-order chi connectivity index (χ1) is 50.4. The highest BCUT2D eigenvalue weighted by Crippen LogP contribution is 2.45. The summed E-state index contributed by atoms with van der Waals surface area (Å²) in [5.41, 5.74) is 0. The monoisotopic (exact) mass is 1520 g/mol. The van der Waals surface area contributed by atoms with Crippen LogP contribution in [0.25, 0.3) is 0 Å². The van der Waals surface area contributed by atoms with Gasteiger partial charge in [-0.15, -0.1) is 0 Å². The summed E-state index contributed by atoms with van der Waals surface area (Å²) >= 11 is 0. The lowest BCUT2D eigenvalue weighted by atomic mass is 9.99. The molecule has 0 aliphatic rings. The molecule has 0 heterocycles. The number of rotatable bonds is 84. The van der Waals surface area contributed by atoms with Crippen molar-refractivity contribution in [1.29, 1.82) is 0 Å². The quantitative estimate of drug-likeness (QED) is 0.0222. The number of esters is 4. The number of hydrogen-bond acceptors (Lipinski definition) is 15. The Balaban J connectivity index is 5.27. The maximum Gasteiger partial charge on any atom is 0.472 e. The normalized spacial score (nSPS) is 14.1. The van der Waals surface area contributed by atoms with E-state index < -0.39 is 97.5 Å². The number of unbranched alkanes of at least 4 members (excludes halogenated alkanes) is 53. The van der Waals surface area contributed by atoms with Crippen LogP contribution in [-0.4, -0.2) is 96.7 Å². The molecule has 3 N–H and O–H groups in total. The Morgan fingerprint density at radius 1 is 0.279 bits per heavy atom. The molecule has 19 heteroatoms. The van der Waals surface area contributed by atoms with Crippen molar-refractivity contribution in [2.45, 2.75) is 471 Å². The van der Waals surface area contributed by atoms with E-state index in [0.717, 1.165) is 102 Å². The average Bonchev–Trinajstić information content (AvgIpc) is 0.957. The Bertz CT molecular complexity index is 2000. The van der Waals surface area contributed by atoms with E-state index in [-0.39, 0.29) is 25.7 Å². The number of ether oxygens (including phenoxy) is 4. The molecular formula is C85H166O17P2. The molecule has 0 spiro atoms. The third-order valence-electron chi connectivity index (χ3n) is 20.3. The molecule has 0 aromatic rings. The maximum absolute atomic E-state index is 13.1. The number of carbonyl (C=O) groups is 4. The van der Waals surface area contributed by atoms with Crippen LogP contribution in [0.5, 0.6) is 0 Å². The highest BCUT2D eigenvalue weighted by atomic mass is 31.2. The molecule has 6 atom stereocenters. The largest absolute Gasteiger partial charge is 0.472 e. The summed E-state index contributed by atoms with van der Waals surface area (Å²) in [6, 6.07) is 0. The Morgan fingerprint density at radius 2 is 0.490 bits per heavy atom. The molecule has 0 aromatic heterocycles. The molecule has 0 aliphatic heterocycles. The third kappa shape index (κ3) is 76.8. The van der Waals surface area contributed by atoms with E-state index in [1.807, 2.05) is 0 Å². The Kier molecular flexibility index (Phi) is 75.0. The molecule has 0 rings (SSSR count). The molecule has 3 unspecified atom stereocenters. The van der Waals surface area contributed by atoms with Crippen LogP contribution in [0.2, 0.25) is 0 Å². The molecule has 0 bridgehead atoms. The van der Waals surface area contributed by atoms with E-state index in [1.165, 1.54) is 270 Å². The van der Waals surface area contributed by atoms with Crippen LogP contribution in [0.4, 0.5) is 0 Å². The van der Waals surface area contributed by atoms with E-state index in [9.17, 15) is 43.2 Å². The van der Waals surface area contributed by atoms with Gasteiger partial charge in [0.25, 0.3) is 0 Å². The average molecular weight is 1520 g/mol. The van der Waals surface area contributed by atoms with Gasteiger partial charge in [-0.3, -0.25) is 37.3 Å². The van der Waals surface area contributed by atoms with Gasteiger partial charge in [0.2, 0.25) is 0 Å². The molecule has 104 heavy (non-hydrogen) atoms. The van der Waals surface area contributed by atoms with Gasteiger partial charge in [-0.2, -0.15) is 0 Å². The lowest BCUT2D eigenvalue weighted by Gasteiger charge is -2.21. The van der Waals surface area contributed by atoms with Crippen molar-refractivity contribution >= 4 is 39.5 Å². The van der Waals surface area contributed by atoms with Crippen LogP contribution in [0.1, 0.15) is 452 Å². The molecule has 0 aromatic carbocycles. The van der Waals surface area contributed by atoms with E-state index >= 15 is 0 Å². The number of phosphoric ester groups is 2. The molecule has 0 aliphatic carbocycles. The Morgan fingerprint density at radius 3 is 0.731 bits per heavy atom. The van der Waals surface area contributed by atoms with Crippen LogP contribution < -0.4 is 0 Å². The van der Waals surface area contributed by atoms with Gasteiger partial charge >= 0.3 is 39.5 Å². The van der Waals surface area contributed by atoms with Crippen molar-refractivity contribution in [2.24, 2.45) is 11.8 Å². The Hall–Kier alpha value is -1.94. The number of carbonyl (C=O) groups excluding carboxylic acids is 4. The highest BCUT2D eigenvalue weighted by molar-refractivity contribution is 7.47. The van der Waals surface area contributed by atoms with Gasteiger partial charge in [0, 0.05) is 25.7 Å². The molecule has 0 saturated heterocycles. The first-order valence-electron chi connectivity index (χ1n) is 44.0. The summed E-state index contributed by atoms with van der Waals surface area (Å²) < 4.78 is 68.9. The fourth-order valence-corrected chi connectivity index (χ4v) is 14.8. The van der Waals surface area contributed by atoms with Crippen molar-refractivity contribution in [3.05, 3.63) is 0 Å². The summed E-state index contributed by atoms with van der Waals surface area (Å²) in [6.45, 7) is 9.70. The van der Waals surface area contributed by atoms with Gasteiger partial charge in [-0.25, -0.2) is 9.13 Å². The van der Waals surface area contributed by atoms with Gasteiger partial charge in [-0.1, -0.05) is 401 Å². The van der Waals surface area contributed by atoms with E-state index in [2.05, 4.69) is 41.5 Å². The maximum atomic E-state index is 13.1. The summed E-state index contributed by atoms with van der Waals surface area (Å²) in [4.78, 5) is 73.2. The zero-order chi connectivity index (χ0) is 76.4. The highest BCUT2D eigenvalue weighted by Gasteiger charge is 2.30. The third-order valence-corrected chi connectivity index (χ3v) is 22.2. The minimum atomic E-state index is -4.97. The zero-order valence-electron chi connectivity index (χ0n) is 68.3. The molecule has 0 fully saturated rings. The number of hydrogen-bond donors (Lipinski definition) is 3. The topological polar surface area (TPSA) is 237 Å². The van der Waals surface area contributed by atoms with Crippen molar-refractivity contribution in [1.82, 2.24) is 0 Å². The second-order valence-electron chi connectivity index (χ2n) is 31.3. The van der Waals surface area contributed by atoms with Crippen molar-refractivity contribution in [3.63, 3.8) is 0 Å². The van der Waals surface area contributed by atoms with E-state index in [1.54, 1.807) is 0 Å². The lowest BCUT2D eigenvalue weighted by molar-refractivity contribution is -0.161. The standard InChI is InChI=1S/C85H166O17P2/c1-7-10-12-14-16-18-20-22-24-26-30-34-38-42-49-55-61-67-82(87)95-73-80(101-84(89)70-64-58-52-44-40-36-32-28-29-33-37-41-47-53-59-65-77(4)5)75-99-103(91,92)97-71-79(86)72-98-104(93,94)100-76-81(74-96-83(88)68-62-56-50-46-45-48-54-60-66-78(6)9-3)102-85(90)69-63-57-51-43-39-35-31-27-25-23-21-19-17-15-13-11-8-2/h77-81,86H,7-76H2,1-6H3,(H,91,92)(H,93,94)/t78?,79-,80-,81-/m1/s1. The van der Waals surface area contributed by atoms with E-state index in [0.29, 0.717) is 25.7 Å². The molecular weight excluding hydrogens is 1350 g/mol. The molecule has 0 radical (unpaired) electrons. The van der Waals surface area contributed by atoms with Crippen molar-refractivity contribution in [3.8, 4) is 0 Å². The van der Waals surface area contributed by atoms with Crippen LogP contribution in [0.15, 0.2) is 0 Å². The predicted molar refractivity (Wildman–Crippen MR) is 428 cm³/mol. The first-order valence-corrected chi connectivity index (χ1v) is 47.0. The second kappa shape index (κ2) is 76.4. The van der Waals surface area contributed by atoms with Crippen LogP contribution in [0, 0.1) is 11.8 Å². The summed E-state index contributed by atoms with van der Waals surface area (Å²) in [5, 5.41) is 10.7. The molecule has 0 saturated carbocycles. The van der Waals surface area contributed by atoms with Crippen LogP contribution in [-0.2, 0) is 65.4 Å². The van der Waals surface area contributed by atoms with Gasteiger partial charge in [0.15, 0.2) is 12.2 Å². The first kappa shape index (κ1) is 102. The minimum absolute atomic E-state index is 0.108. The van der Waals surface area contributed by atoms with Gasteiger partial charge in [-0.05, 0) is 37.5 Å². The van der Waals surface area contributed by atoms with Crippen LogP contribution in [0.3, 0.4) is 0 Å². The van der Waals surface area contributed by atoms with E-state index in [4.69, 9.17) is 37.0 Å². The number of aliphatic hydroxyl groups excluding tert-OH is 1. The SMILES string of the molecule is CCCCCCCCCCCCCCCCCCCC(=O)OC[C@H](COP(=O)(O)OC[C@@H](O)COP(=O)(O)OC[C@@H](COC(=O)CCCCCCCCCCC(C)CC)OC(=O)CCCCCCCCCCCCCCCCCCC)OC(=O)CCCCCCCCCCCCCCCCCC(C)C. The zero-order valence-corrected chi connectivity index (χ0v) is 70.1. The number of aliphatic hydroxyl groups is 1. The fraction of sp³-hybridized carbons (Fsp3) is 0.953. The fourth-order valence-electron chi connectivity index (χ4n) is 13.2. The molecule has 17 nitrogen and oxygen atoms in total. The summed E-state index contributed by atoms with van der Waals surface area (Å²) in [6.07, 6.45) is 67.9. The summed E-state index contributed by atoms with van der Waals surface area (Å²) in [7, 11) is -9.93. The van der Waals surface area contributed by atoms with Crippen molar-refractivity contribution in [2.75, 3.05) is 39.6 Å².